The molecule has 1 atom stereocenters. The predicted molar refractivity (Wildman–Crippen MR) is 85.8 cm³/mol. The maximum atomic E-state index is 12.2. The minimum Gasteiger partial charge on any atom is -0.370 e. The van der Waals surface area contributed by atoms with Crippen molar-refractivity contribution >= 4 is 35.1 Å². The number of halogens is 1. The highest BCUT2D eigenvalue weighted by Crippen LogP contribution is 2.37. The van der Waals surface area contributed by atoms with Crippen LogP contribution in [-0.2, 0) is 0 Å². The van der Waals surface area contributed by atoms with Crippen molar-refractivity contribution in [3.8, 4) is 0 Å². The van der Waals surface area contributed by atoms with Crippen LogP contribution in [0, 0.1) is 0 Å². The van der Waals surface area contributed by atoms with Crippen molar-refractivity contribution < 1.29 is 4.79 Å². The van der Waals surface area contributed by atoms with Crippen molar-refractivity contribution in [2.75, 3.05) is 24.2 Å². The molecule has 1 aliphatic heterocycles. The van der Waals surface area contributed by atoms with Gasteiger partial charge in [0.25, 0.3) is 5.91 Å². The number of aromatic nitrogens is 1. The van der Waals surface area contributed by atoms with Crippen LogP contribution in [0.5, 0.6) is 0 Å². The number of carbonyl (C=O) groups excluding carboxylic acids is 1. The summed E-state index contributed by atoms with van der Waals surface area (Å²) < 4.78 is 0.164. The average Bonchev–Trinajstić information content (AvgIpc) is 2.83. The molecule has 0 radical (unpaired) electrons. The standard InChI is InChI=1S/C14H20ClN3OS/c1-3-16-12-8-10(7-11(15)18-12)13(19)17-9-14(2)5-4-6-20-14/h7-8H,3-6,9H2,1-2H3,(H,16,18)(H,17,19). The summed E-state index contributed by atoms with van der Waals surface area (Å²) in [6.45, 7) is 5.60. The fourth-order valence-electron chi connectivity index (χ4n) is 2.25. The molecule has 1 aliphatic rings. The monoisotopic (exact) mass is 313 g/mol. The van der Waals surface area contributed by atoms with E-state index < -0.39 is 0 Å². The molecule has 4 nitrogen and oxygen atoms in total. The van der Waals surface area contributed by atoms with Gasteiger partial charge in [-0.3, -0.25) is 4.79 Å². The molecule has 0 bridgehead atoms. The minimum atomic E-state index is -0.0952. The average molecular weight is 314 g/mol. The number of carbonyl (C=O) groups is 1. The Morgan fingerprint density at radius 1 is 1.55 bits per heavy atom. The molecule has 1 saturated heterocycles. The molecule has 1 aromatic heterocycles. The second-order valence-corrected chi connectivity index (χ2v) is 7.25. The van der Waals surface area contributed by atoms with Gasteiger partial charge in [0.2, 0.25) is 0 Å². The van der Waals surface area contributed by atoms with Gasteiger partial charge in [-0.1, -0.05) is 11.6 Å². The zero-order chi connectivity index (χ0) is 14.6. The summed E-state index contributed by atoms with van der Waals surface area (Å²) in [5.74, 6) is 1.71. The van der Waals surface area contributed by atoms with Gasteiger partial charge >= 0.3 is 0 Å². The van der Waals surface area contributed by atoms with E-state index in [4.69, 9.17) is 11.6 Å². The number of hydrogen-bond donors (Lipinski definition) is 2. The minimum absolute atomic E-state index is 0.0952. The maximum Gasteiger partial charge on any atom is 0.251 e. The number of thioether (sulfide) groups is 1. The van der Waals surface area contributed by atoms with E-state index in [1.807, 2.05) is 18.7 Å². The molecule has 110 valence electrons. The van der Waals surface area contributed by atoms with Gasteiger partial charge in [0.15, 0.2) is 0 Å². The van der Waals surface area contributed by atoms with Crippen molar-refractivity contribution in [1.82, 2.24) is 10.3 Å². The van der Waals surface area contributed by atoms with Crippen LogP contribution in [0.4, 0.5) is 5.82 Å². The van der Waals surface area contributed by atoms with Crippen LogP contribution >= 0.6 is 23.4 Å². The first-order valence-corrected chi connectivity index (χ1v) is 8.22. The third-order valence-corrected chi connectivity index (χ3v) is 5.07. The first-order chi connectivity index (χ1) is 9.52. The van der Waals surface area contributed by atoms with Gasteiger partial charge < -0.3 is 10.6 Å². The molecule has 1 amide bonds. The molecule has 1 fully saturated rings. The lowest BCUT2D eigenvalue weighted by Crippen LogP contribution is -2.36. The molecule has 1 unspecified atom stereocenters. The van der Waals surface area contributed by atoms with Gasteiger partial charge in [-0.05, 0) is 44.6 Å². The lowest BCUT2D eigenvalue weighted by molar-refractivity contribution is 0.0950. The van der Waals surface area contributed by atoms with E-state index in [2.05, 4.69) is 22.5 Å². The van der Waals surface area contributed by atoms with Crippen LogP contribution in [0.1, 0.15) is 37.0 Å². The molecule has 0 aliphatic carbocycles. The molecular weight excluding hydrogens is 294 g/mol. The summed E-state index contributed by atoms with van der Waals surface area (Å²) in [4.78, 5) is 16.3. The molecule has 2 N–H and O–H groups in total. The van der Waals surface area contributed by atoms with Crippen molar-refractivity contribution in [1.29, 1.82) is 0 Å². The number of anilines is 1. The fourth-order valence-corrected chi connectivity index (χ4v) is 3.70. The summed E-state index contributed by atoms with van der Waals surface area (Å²) >= 11 is 7.88. The fraction of sp³-hybridized carbons (Fsp3) is 0.571. The summed E-state index contributed by atoms with van der Waals surface area (Å²) in [7, 11) is 0. The Kier molecular flexibility index (Phi) is 5.16. The molecule has 2 heterocycles. The van der Waals surface area contributed by atoms with Gasteiger partial charge in [0, 0.05) is 23.4 Å². The van der Waals surface area contributed by atoms with E-state index in [1.165, 1.54) is 12.2 Å². The van der Waals surface area contributed by atoms with Crippen LogP contribution in [-0.4, -0.2) is 34.5 Å². The van der Waals surface area contributed by atoms with Gasteiger partial charge in [-0.15, -0.1) is 0 Å². The van der Waals surface area contributed by atoms with E-state index >= 15 is 0 Å². The van der Waals surface area contributed by atoms with Gasteiger partial charge in [0.1, 0.15) is 11.0 Å². The second kappa shape index (κ2) is 6.68. The lowest BCUT2D eigenvalue weighted by atomic mass is 10.1. The molecule has 0 aromatic carbocycles. The topological polar surface area (TPSA) is 54.0 Å². The number of amides is 1. The molecule has 6 heteroatoms. The number of pyridine rings is 1. The number of nitrogens with zero attached hydrogens (tertiary/aromatic N) is 1. The summed E-state index contributed by atoms with van der Waals surface area (Å²) in [5.41, 5.74) is 0.549. The normalized spacial score (nSPS) is 21.8. The number of rotatable bonds is 5. The zero-order valence-electron chi connectivity index (χ0n) is 11.8. The largest absolute Gasteiger partial charge is 0.370 e. The van der Waals surface area contributed by atoms with Crippen molar-refractivity contribution in [2.45, 2.75) is 31.4 Å². The summed E-state index contributed by atoms with van der Waals surface area (Å²) in [5, 5.41) is 6.40. The Bertz CT molecular complexity index is 489. The Morgan fingerprint density at radius 2 is 2.35 bits per heavy atom. The highest BCUT2D eigenvalue weighted by Gasteiger charge is 2.29. The Hall–Kier alpha value is -0.940. The predicted octanol–water partition coefficient (Wildman–Crippen LogP) is 3.18. The van der Waals surface area contributed by atoms with Crippen molar-refractivity contribution in [3.05, 3.63) is 22.8 Å². The van der Waals surface area contributed by atoms with Crippen LogP contribution < -0.4 is 10.6 Å². The summed E-state index contributed by atoms with van der Waals surface area (Å²) in [6.07, 6.45) is 2.38. The van der Waals surface area contributed by atoms with Gasteiger partial charge in [-0.2, -0.15) is 11.8 Å². The zero-order valence-corrected chi connectivity index (χ0v) is 13.4. The first kappa shape index (κ1) is 15.4. The Balaban J connectivity index is 2.01. The third kappa shape index (κ3) is 4.03. The molecule has 0 saturated carbocycles. The van der Waals surface area contributed by atoms with E-state index in [0.717, 1.165) is 13.0 Å². The molecule has 1 aromatic rings. The molecule has 0 spiro atoms. The number of hydrogen-bond acceptors (Lipinski definition) is 4. The van der Waals surface area contributed by atoms with E-state index in [0.29, 0.717) is 23.1 Å². The highest BCUT2D eigenvalue weighted by atomic mass is 35.5. The van der Waals surface area contributed by atoms with Gasteiger partial charge in [0.05, 0.1) is 0 Å². The first-order valence-electron chi connectivity index (χ1n) is 6.86. The maximum absolute atomic E-state index is 12.2. The molecule has 20 heavy (non-hydrogen) atoms. The number of nitrogens with one attached hydrogen (secondary N) is 2. The van der Waals surface area contributed by atoms with E-state index in [9.17, 15) is 4.79 Å². The highest BCUT2D eigenvalue weighted by molar-refractivity contribution is 8.00. The quantitative estimate of drug-likeness (QED) is 0.820. The third-order valence-electron chi connectivity index (χ3n) is 3.34. The van der Waals surface area contributed by atoms with Crippen molar-refractivity contribution in [3.63, 3.8) is 0 Å². The van der Waals surface area contributed by atoms with Crippen LogP contribution in [0.15, 0.2) is 12.1 Å². The van der Waals surface area contributed by atoms with E-state index in [-0.39, 0.29) is 10.7 Å². The smallest absolute Gasteiger partial charge is 0.251 e. The van der Waals surface area contributed by atoms with Crippen LogP contribution in [0.3, 0.4) is 0 Å². The van der Waals surface area contributed by atoms with Gasteiger partial charge in [-0.25, -0.2) is 4.98 Å². The van der Waals surface area contributed by atoms with Crippen molar-refractivity contribution in [2.24, 2.45) is 0 Å². The Morgan fingerprint density at radius 3 is 3.00 bits per heavy atom. The summed E-state index contributed by atoms with van der Waals surface area (Å²) in [6, 6.07) is 3.33. The Labute approximate surface area is 129 Å². The molecular formula is C14H20ClN3OS. The SMILES string of the molecule is CCNc1cc(C(=O)NCC2(C)CCCS2)cc(Cl)n1. The van der Waals surface area contributed by atoms with Crippen LogP contribution in [0.25, 0.3) is 0 Å². The second-order valence-electron chi connectivity index (χ2n) is 5.18. The lowest BCUT2D eigenvalue weighted by Gasteiger charge is -2.22. The molecule has 2 rings (SSSR count). The van der Waals surface area contributed by atoms with E-state index in [1.54, 1.807) is 12.1 Å². The van der Waals surface area contributed by atoms with Crippen LogP contribution in [0.2, 0.25) is 5.15 Å².